The van der Waals surface area contributed by atoms with Gasteiger partial charge in [0.1, 0.15) is 0 Å². The van der Waals surface area contributed by atoms with Crippen molar-refractivity contribution in [3.8, 4) is 0 Å². The lowest BCUT2D eigenvalue weighted by molar-refractivity contribution is -0.139. The van der Waals surface area contributed by atoms with Crippen LogP contribution in [0.2, 0.25) is 0 Å². The van der Waals surface area contributed by atoms with Gasteiger partial charge in [0.2, 0.25) is 0 Å². The van der Waals surface area contributed by atoms with Crippen molar-refractivity contribution >= 4 is 5.91 Å². The van der Waals surface area contributed by atoms with Gasteiger partial charge in [-0.15, -0.1) is 0 Å². The third-order valence-electron chi connectivity index (χ3n) is 4.22. The Morgan fingerprint density at radius 2 is 2.09 bits per heavy atom. The van der Waals surface area contributed by atoms with Gasteiger partial charge in [0, 0.05) is 6.42 Å². The maximum atomic E-state index is 13.1. The standard InChI is InChI=1S/C18H23F2NO2/c1-13(6-5-9-14-7-3-2-4-8-14)16(22)11-10-15-12-18(19,20)17(23)21-15/h2-4,7-8,10-11,13,15-16,22H,5-6,9,12H2,1H3,(H,21,23)/b11-10+/t13-,15+,16+/m1/s1. The normalized spacial score (nSPS) is 23.0. The maximum absolute atomic E-state index is 13.1. The quantitative estimate of drug-likeness (QED) is 0.758. The Bertz CT molecular complexity index is 545. The second kappa shape index (κ2) is 7.68. The molecule has 3 nitrogen and oxygen atoms in total. The summed E-state index contributed by atoms with van der Waals surface area (Å²) in [4.78, 5) is 11.0. The Balaban J connectivity index is 1.73. The summed E-state index contributed by atoms with van der Waals surface area (Å²) in [5.74, 6) is -4.51. The summed E-state index contributed by atoms with van der Waals surface area (Å²) >= 11 is 0. The van der Waals surface area contributed by atoms with Gasteiger partial charge in [0.25, 0.3) is 5.91 Å². The summed E-state index contributed by atoms with van der Waals surface area (Å²) in [5, 5.41) is 12.3. The highest BCUT2D eigenvalue weighted by Crippen LogP contribution is 2.27. The van der Waals surface area contributed by atoms with Gasteiger partial charge in [-0.05, 0) is 30.7 Å². The predicted molar refractivity (Wildman–Crippen MR) is 85.2 cm³/mol. The van der Waals surface area contributed by atoms with Crippen molar-refractivity contribution in [3.05, 3.63) is 48.0 Å². The van der Waals surface area contributed by atoms with Crippen LogP contribution in [0.3, 0.4) is 0 Å². The van der Waals surface area contributed by atoms with Gasteiger partial charge in [-0.2, -0.15) is 8.78 Å². The summed E-state index contributed by atoms with van der Waals surface area (Å²) in [6, 6.07) is 9.42. The molecule has 0 radical (unpaired) electrons. The van der Waals surface area contributed by atoms with E-state index in [4.69, 9.17) is 0 Å². The Morgan fingerprint density at radius 3 is 2.70 bits per heavy atom. The number of halogens is 2. The van der Waals surface area contributed by atoms with Gasteiger partial charge in [-0.3, -0.25) is 4.79 Å². The Morgan fingerprint density at radius 1 is 1.39 bits per heavy atom. The molecule has 126 valence electrons. The van der Waals surface area contributed by atoms with Gasteiger partial charge < -0.3 is 10.4 Å². The number of carbonyl (C=O) groups is 1. The van der Waals surface area contributed by atoms with Crippen molar-refractivity contribution in [2.75, 3.05) is 0 Å². The minimum atomic E-state index is -3.30. The zero-order valence-electron chi connectivity index (χ0n) is 13.2. The van der Waals surface area contributed by atoms with Crippen LogP contribution in [0.15, 0.2) is 42.5 Å². The second-order valence-corrected chi connectivity index (χ2v) is 6.22. The van der Waals surface area contributed by atoms with Gasteiger partial charge in [0.05, 0.1) is 12.1 Å². The average molecular weight is 323 g/mol. The van der Waals surface area contributed by atoms with Crippen LogP contribution in [0.5, 0.6) is 0 Å². The van der Waals surface area contributed by atoms with Crippen molar-refractivity contribution in [2.24, 2.45) is 5.92 Å². The topological polar surface area (TPSA) is 49.3 Å². The van der Waals surface area contributed by atoms with E-state index in [0.717, 1.165) is 19.3 Å². The van der Waals surface area contributed by atoms with Crippen LogP contribution in [-0.2, 0) is 11.2 Å². The number of amides is 1. The second-order valence-electron chi connectivity index (χ2n) is 6.22. The van der Waals surface area contributed by atoms with Crippen molar-refractivity contribution < 1.29 is 18.7 Å². The van der Waals surface area contributed by atoms with Crippen LogP contribution in [-0.4, -0.2) is 29.1 Å². The molecule has 3 atom stereocenters. The molecule has 0 spiro atoms. The minimum Gasteiger partial charge on any atom is -0.389 e. The minimum absolute atomic E-state index is 0.0348. The van der Waals surface area contributed by atoms with Crippen molar-refractivity contribution in [3.63, 3.8) is 0 Å². The van der Waals surface area contributed by atoms with Crippen molar-refractivity contribution in [2.45, 2.75) is 50.7 Å². The molecule has 1 saturated heterocycles. The van der Waals surface area contributed by atoms with Crippen molar-refractivity contribution in [1.29, 1.82) is 0 Å². The number of aliphatic hydroxyl groups excluding tert-OH is 1. The van der Waals surface area contributed by atoms with Gasteiger partial charge >= 0.3 is 5.92 Å². The first-order valence-electron chi connectivity index (χ1n) is 7.97. The number of hydrogen-bond acceptors (Lipinski definition) is 2. The molecule has 23 heavy (non-hydrogen) atoms. The number of carbonyl (C=O) groups excluding carboxylic acids is 1. The van der Waals surface area contributed by atoms with E-state index in [2.05, 4.69) is 17.4 Å². The number of hydrogen-bond donors (Lipinski definition) is 2. The summed E-state index contributed by atoms with van der Waals surface area (Å²) in [7, 11) is 0. The number of alkyl halides is 2. The highest BCUT2D eigenvalue weighted by molar-refractivity contribution is 5.86. The Hall–Kier alpha value is -1.75. The molecular formula is C18H23F2NO2. The first-order chi connectivity index (χ1) is 10.9. The van der Waals surface area contributed by atoms with Crippen LogP contribution < -0.4 is 5.32 Å². The van der Waals surface area contributed by atoms with Gasteiger partial charge in [-0.1, -0.05) is 49.4 Å². The molecule has 2 N–H and O–H groups in total. The third kappa shape index (κ3) is 5.13. The van der Waals surface area contributed by atoms with E-state index in [1.165, 1.54) is 17.7 Å². The number of rotatable bonds is 7. The zero-order chi connectivity index (χ0) is 16.9. The molecule has 0 aliphatic carbocycles. The monoisotopic (exact) mass is 323 g/mol. The van der Waals surface area contributed by atoms with Crippen LogP contribution in [0.4, 0.5) is 8.78 Å². The maximum Gasteiger partial charge on any atom is 0.326 e. The molecule has 0 saturated carbocycles. The molecule has 1 aromatic carbocycles. The molecule has 0 bridgehead atoms. The predicted octanol–water partition coefficient (Wildman–Crippen LogP) is 3.09. The smallest absolute Gasteiger partial charge is 0.326 e. The molecule has 1 aliphatic rings. The first-order valence-corrected chi connectivity index (χ1v) is 7.97. The van der Waals surface area contributed by atoms with E-state index in [9.17, 15) is 18.7 Å². The largest absolute Gasteiger partial charge is 0.389 e. The van der Waals surface area contributed by atoms with E-state index in [0.29, 0.717) is 0 Å². The summed E-state index contributed by atoms with van der Waals surface area (Å²) in [5.41, 5.74) is 1.26. The molecular weight excluding hydrogens is 300 g/mol. The van der Waals surface area contributed by atoms with E-state index in [1.807, 2.05) is 25.1 Å². The van der Waals surface area contributed by atoms with Gasteiger partial charge in [0.15, 0.2) is 0 Å². The van der Waals surface area contributed by atoms with E-state index in [-0.39, 0.29) is 5.92 Å². The highest BCUT2D eigenvalue weighted by atomic mass is 19.3. The molecule has 1 heterocycles. The molecule has 1 aromatic rings. The first kappa shape index (κ1) is 17.6. The lowest BCUT2D eigenvalue weighted by Gasteiger charge is -2.16. The number of benzene rings is 1. The molecule has 1 amide bonds. The SMILES string of the molecule is C[C@H](CCCc1ccccc1)[C@@H](O)/C=C/[C@H]1CC(F)(F)C(=O)N1. The third-order valence-corrected chi connectivity index (χ3v) is 4.22. The van der Waals surface area contributed by atoms with Crippen LogP contribution in [0.1, 0.15) is 31.7 Å². The number of nitrogens with one attached hydrogen (secondary N) is 1. The average Bonchev–Trinajstić information content (AvgIpc) is 2.78. The zero-order valence-corrected chi connectivity index (χ0v) is 13.2. The number of aryl methyl sites for hydroxylation is 1. The fourth-order valence-electron chi connectivity index (χ4n) is 2.69. The summed E-state index contributed by atoms with van der Waals surface area (Å²) in [6.07, 6.45) is 4.49. The van der Waals surface area contributed by atoms with Crippen molar-refractivity contribution in [1.82, 2.24) is 5.32 Å². The highest BCUT2D eigenvalue weighted by Gasteiger charge is 2.47. The van der Waals surface area contributed by atoms with Crippen LogP contribution in [0.25, 0.3) is 0 Å². The summed E-state index contributed by atoms with van der Waals surface area (Å²) in [6.45, 7) is 1.93. The Kier molecular flexibility index (Phi) is 5.88. The summed E-state index contributed by atoms with van der Waals surface area (Å²) < 4.78 is 26.2. The molecule has 5 heteroatoms. The number of aliphatic hydroxyl groups is 1. The van der Waals surface area contributed by atoms with Gasteiger partial charge in [-0.25, -0.2) is 0 Å². The molecule has 0 unspecified atom stereocenters. The van der Waals surface area contributed by atoms with E-state index in [1.54, 1.807) is 0 Å². The Labute approximate surface area is 135 Å². The fraction of sp³-hybridized carbons (Fsp3) is 0.500. The van der Waals surface area contributed by atoms with E-state index >= 15 is 0 Å². The molecule has 1 fully saturated rings. The van der Waals surface area contributed by atoms with Crippen LogP contribution in [0, 0.1) is 5.92 Å². The fourth-order valence-corrected chi connectivity index (χ4v) is 2.69. The molecule has 2 rings (SSSR count). The lowest BCUT2D eigenvalue weighted by atomic mass is 9.95. The van der Waals surface area contributed by atoms with Crippen LogP contribution >= 0.6 is 0 Å². The molecule has 1 aliphatic heterocycles. The lowest BCUT2D eigenvalue weighted by Crippen LogP contribution is -2.30. The van der Waals surface area contributed by atoms with E-state index < -0.39 is 30.4 Å². The molecule has 0 aromatic heterocycles.